The molecular formula is C12H24N2O2. The van der Waals surface area contributed by atoms with Gasteiger partial charge in [0.25, 0.3) is 0 Å². The topological polar surface area (TPSA) is 64.3 Å². The van der Waals surface area contributed by atoms with Crippen molar-refractivity contribution in [1.29, 1.82) is 0 Å². The molecule has 0 aromatic rings. The predicted octanol–water partition coefficient (Wildman–Crippen LogP) is 2.03. The highest BCUT2D eigenvalue weighted by atomic mass is 16.6. The van der Waals surface area contributed by atoms with Gasteiger partial charge in [0, 0.05) is 6.04 Å². The van der Waals surface area contributed by atoms with Crippen LogP contribution in [0.1, 0.15) is 46.5 Å². The Labute approximate surface area is 97.9 Å². The summed E-state index contributed by atoms with van der Waals surface area (Å²) in [4.78, 5) is 11.6. The molecule has 4 heteroatoms. The van der Waals surface area contributed by atoms with Crippen molar-refractivity contribution in [3.8, 4) is 0 Å². The molecule has 16 heavy (non-hydrogen) atoms. The molecule has 0 radical (unpaired) electrons. The fraction of sp³-hybridized carbons (Fsp3) is 0.917. The molecule has 2 atom stereocenters. The van der Waals surface area contributed by atoms with E-state index in [9.17, 15) is 4.79 Å². The molecule has 94 valence electrons. The maximum Gasteiger partial charge on any atom is 0.407 e. The molecule has 4 nitrogen and oxygen atoms in total. The van der Waals surface area contributed by atoms with Gasteiger partial charge in [-0.1, -0.05) is 6.42 Å². The number of rotatable bonds is 2. The minimum absolute atomic E-state index is 0.233. The largest absolute Gasteiger partial charge is 0.444 e. The smallest absolute Gasteiger partial charge is 0.407 e. The number of hydrogen-bond acceptors (Lipinski definition) is 3. The highest BCUT2D eigenvalue weighted by molar-refractivity contribution is 5.68. The molecule has 0 unspecified atom stereocenters. The van der Waals surface area contributed by atoms with Crippen molar-refractivity contribution < 1.29 is 9.53 Å². The van der Waals surface area contributed by atoms with Crippen LogP contribution in [0.15, 0.2) is 0 Å². The average molecular weight is 228 g/mol. The van der Waals surface area contributed by atoms with Gasteiger partial charge >= 0.3 is 6.09 Å². The van der Waals surface area contributed by atoms with Crippen LogP contribution in [0, 0.1) is 5.92 Å². The molecule has 3 N–H and O–H groups in total. The highest BCUT2D eigenvalue weighted by Crippen LogP contribution is 2.23. The lowest BCUT2D eigenvalue weighted by molar-refractivity contribution is 0.0485. The highest BCUT2D eigenvalue weighted by Gasteiger charge is 2.24. The molecule has 0 aromatic heterocycles. The van der Waals surface area contributed by atoms with Crippen LogP contribution >= 0.6 is 0 Å². The van der Waals surface area contributed by atoms with E-state index in [2.05, 4.69) is 5.32 Å². The van der Waals surface area contributed by atoms with Gasteiger partial charge in [-0.15, -0.1) is 0 Å². The van der Waals surface area contributed by atoms with Gasteiger partial charge in [0.15, 0.2) is 0 Å². The van der Waals surface area contributed by atoms with E-state index < -0.39 is 5.60 Å². The van der Waals surface area contributed by atoms with Gasteiger partial charge < -0.3 is 15.8 Å². The lowest BCUT2D eigenvalue weighted by Gasteiger charge is -2.30. The van der Waals surface area contributed by atoms with Gasteiger partial charge in [-0.2, -0.15) is 0 Å². The lowest BCUT2D eigenvalue weighted by Crippen LogP contribution is -2.42. The minimum Gasteiger partial charge on any atom is -0.444 e. The van der Waals surface area contributed by atoms with Crippen molar-refractivity contribution in [2.45, 2.75) is 58.1 Å². The van der Waals surface area contributed by atoms with Crippen LogP contribution in [-0.4, -0.2) is 24.3 Å². The summed E-state index contributed by atoms with van der Waals surface area (Å²) in [6, 6.07) is 0.233. The van der Waals surface area contributed by atoms with Crippen LogP contribution in [0.4, 0.5) is 4.79 Å². The zero-order valence-corrected chi connectivity index (χ0v) is 10.6. The predicted molar refractivity (Wildman–Crippen MR) is 64.2 cm³/mol. The summed E-state index contributed by atoms with van der Waals surface area (Å²) >= 11 is 0. The first-order chi connectivity index (χ1) is 7.40. The maximum atomic E-state index is 11.6. The zero-order chi connectivity index (χ0) is 12.2. The molecule has 0 bridgehead atoms. The van der Waals surface area contributed by atoms with Gasteiger partial charge in [-0.25, -0.2) is 4.79 Å². The molecular weight excluding hydrogens is 204 g/mol. The molecule has 1 amide bonds. The average Bonchev–Trinajstić information content (AvgIpc) is 2.15. The third-order valence-electron chi connectivity index (χ3n) is 2.84. The molecule has 1 saturated carbocycles. The van der Waals surface area contributed by atoms with E-state index in [0.29, 0.717) is 12.5 Å². The number of amides is 1. The number of ether oxygens (including phenoxy) is 1. The molecule has 0 spiro atoms. The monoisotopic (exact) mass is 228 g/mol. The van der Waals surface area contributed by atoms with Crippen molar-refractivity contribution in [3.05, 3.63) is 0 Å². The summed E-state index contributed by atoms with van der Waals surface area (Å²) in [6.45, 7) is 6.33. The SMILES string of the molecule is CC(C)(C)OC(=O)N[C@H]1CCC[C@H](CN)C1. The molecule has 0 heterocycles. The second kappa shape index (κ2) is 5.53. The summed E-state index contributed by atoms with van der Waals surface area (Å²) in [5.74, 6) is 0.550. The van der Waals surface area contributed by atoms with Crippen LogP contribution in [0.5, 0.6) is 0 Å². The summed E-state index contributed by atoms with van der Waals surface area (Å²) in [5, 5.41) is 2.92. The molecule has 0 aliphatic heterocycles. The fourth-order valence-electron chi connectivity index (χ4n) is 2.11. The van der Waals surface area contributed by atoms with E-state index >= 15 is 0 Å². The van der Waals surface area contributed by atoms with Gasteiger partial charge in [-0.05, 0) is 52.5 Å². The molecule has 1 fully saturated rings. The quantitative estimate of drug-likeness (QED) is 0.760. The Balaban J connectivity index is 2.33. The second-order valence-corrected chi connectivity index (χ2v) is 5.61. The first kappa shape index (κ1) is 13.3. The minimum atomic E-state index is -0.425. The first-order valence-corrected chi connectivity index (χ1v) is 6.10. The Morgan fingerprint density at radius 3 is 2.69 bits per heavy atom. The van der Waals surface area contributed by atoms with E-state index in [0.717, 1.165) is 19.3 Å². The fourth-order valence-corrected chi connectivity index (χ4v) is 2.11. The van der Waals surface area contributed by atoms with Crippen LogP contribution in [0.3, 0.4) is 0 Å². The van der Waals surface area contributed by atoms with E-state index in [-0.39, 0.29) is 12.1 Å². The number of carbonyl (C=O) groups is 1. The standard InChI is InChI=1S/C12H24N2O2/c1-12(2,3)16-11(15)14-10-6-4-5-9(7-10)8-13/h9-10H,4-8,13H2,1-3H3,(H,14,15)/t9-,10-/m0/s1. The van der Waals surface area contributed by atoms with Gasteiger partial charge in [0.1, 0.15) is 5.60 Å². The second-order valence-electron chi connectivity index (χ2n) is 5.61. The number of hydrogen-bond donors (Lipinski definition) is 2. The Bertz CT molecular complexity index is 236. The number of alkyl carbamates (subject to hydrolysis) is 1. The van der Waals surface area contributed by atoms with E-state index in [1.54, 1.807) is 0 Å². The van der Waals surface area contributed by atoms with Crippen molar-refractivity contribution in [3.63, 3.8) is 0 Å². The number of carbonyl (C=O) groups excluding carboxylic acids is 1. The van der Waals surface area contributed by atoms with E-state index in [4.69, 9.17) is 10.5 Å². The van der Waals surface area contributed by atoms with Gasteiger partial charge in [0.05, 0.1) is 0 Å². The van der Waals surface area contributed by atoms with Crippen molar-refractivity contribution in [2.75, 3.05) is 6.54 Å². The Hall–Kier alpha value is -0.770. The normalized spacial score (nSPS) is 26.2. The van der Waals surface area contributed by atoms with Crippen molar-refractivity contribution in [2.24, 2.45) is 11.7 Å². The number of nitrogens with one attached hydrogen (secondary N) is 1. The summed E-state index contributed by atoms with van der Waals surface area (Å²) in [5.41, 5.74) is 5.23. The third-order valence-corrected chi connectivity index (χ3v) is 2.84. The van der Waals surface area contributed by atoms with Gasteiger partial charge in [-0.3, -0.25) is 0 Å². The number of nitrogens with two attached hydrogens (primary N) is 1. The molecule has 0 aromatic carbocycles. The van der Waals surface area contributed by atoms with Crippen LogP contribution in [-0.2, 0) is 4.74 Å². The van der Waals surface area contributed by atoms with Gasteiger partial charge in [0.2, 0.25) is 0 Å². The van der Waals surface area contributed by atoms with E-state index in [1.165, 1.54) is 6.42 Å². The van der Waals surface area contributed by atoms with Crippen molar-refractivity contribution >= 4 is 6.09 Å². The molecule has 1 rings (SSSR count). The van der Waals surface area contributed by atoms with Crippen LogP contribution in [0.25, 0.3) is 0 Å². The van der Waals surface area contributed by atoms with Crippen molar-refractivity contribution in [1.82, 2.24) is 5.32 Å². The molecule has 0 saturated heterocycles. The Morgan fingerprint density at radius 2 is 2.12 bits per heavy atom. The first-order valence-electron chi connectivity index (χ1n) is 6.10. The maximum absolute atomic E-state index is 11.6. The summed E-state index contributed by atoms with van der Waals surface area (Å²) in [7, 11) is 0. The van der Waals surface area contributed by atoms with Crippen LogP contribution in [0.2, 0.25) is 0 Å². The van der Waals surface area contributed by atoms with E-state index in [1.807, 2.05) is 20.8 Å². The Kier molecular flexibility index (Phi) is 4.59. The summed E-state index contributed by atoms with van der Waals surface area (Å²) in [6.07, 6.45) is 4.03. The third kappa shape index (κ3) is 4.84. The Morgan fingerprint density at radius 1 is 1.44 bits per heavy atom. The molecule has 1 aliphatic carbocycles. The summed E-state index contributed by atoms with van der Waals surface area (Å²) < 4.78 is 5.23. The molecule has 1 aliphatic rings. The lowest BCUT2D eigenvalue weighted by atomic mass is 9.86. The van der Waals surface area contributed by atoms with Crippen LogP contribution < -0.4 is 11.1 Å². The zero-order valence-electron chi connectivity index (χ0n) is 10.6.